The van der Waals surface area contributed by atoms with Crippen LogP contribution in [0.5, 0.6) is 0 Å². The Morgan fingerprint density at radius 1 is 1.12 bits per heavy atom. The molecule has 0 aromatic rings. The summed E-state index contributed by atoms with van der Waals surface area (Å²) in [4.78, 5) is 11.9. The van der Waals surface area contributed by atoms with Gasteiger partial charge in [-0.05, 0) is 49.5 Å². The Balaban J connectivity index is 2.34. The molecule has 96 valence electrons. The first-order valence-electron chi connectivity index (χ1n) is 6.67. The Morgan fingerprint density at radius 3 is 2.24 bits per heavy atom. The van der Waals surface area contributed by atoms with E-state index in [1.165, 1.54) is 24.8 Å². The van der Waals surface area contributed by atoms with Crippen molar-refractivity contribution in [3.63, 3.8) is 0 Å². The molecule has 0 unspecified atom stereocenters. The summed E-state index contributed by atoms with van der Waals surface area (Å²) in [6.45, 7) is 8.53. The highest BCUT2D eigenvalue weighted by atomic mass is 16.3. The number of aliphatic hydroxyl groups is 1. The smallest absolute Gasteiger partial charge is 0.186 e. The van der Waals surface area contributed by atoms with Crippen molar-refractivity contribution in [1.82, 2.24) is 0 Å². The van der Waals surface area contributed by atoms with Gasteiger partial charge in [0.1, 0.15) is 5.60 Å². The van der Waals surface area contributed by atoms with Crippen LogP contribution < -0.4 is 0 Å². The van der Waals surface area contributed by atoms with E-state index in [9.17, 15) is 9.90 Å². The Kier molecular flexibility index (Phi) is 2.77. The number of carbonyl (C=O) groups is 1. The minimum absolute atomic E-state index is 0.109. The highest BCUT2D eigenvalue weighted by molar-refractivity contribution is 5.98. The van der Waals surface area contributed by atoms with E-state index in [0.717, 1.165) is 6.42 Å². The average Bonchev–Trinajstić information content (AvgIpc) is 2.47. The summed E-state index contributed by atoms with van der Waals surface area (Å²) < 4.78 is 0. The van der Waals surface area contributed by atoms with Gasteiger partial charge in [0.25, 0.3) is 0 Å². The zero-order valence-electron chi connectivity index (χ0n) is 11.5. The van der Waals surface area contributed by atoms with Crippen molar-refractivity contribution in [2.45, 2.75) is 65.4 Å². The van der Waals surface area contributed by atoms with Crippen LogP contribution in [-0.4, -0.2) is 16.5 Å². The quantitative estimate of drug-likeness (QED) is 0.759. The minimum atomic E-state index is -1.14. The van der Waals surface area contributed by atoms with Gasteiger partial charge in [0.15, 0.2) is 5.78 Å². The van der Waals surface area contributed by atoms with E-state index in [0.29, 0.717) is 6.42 Å². The van der Waals surface area contributed by atoms with Crippen LogP contribution in [-0.2, 0) is 4.79 Å². The van der Waals surface area contributed by atoms with E-state index >= 15 is 0 Å². The lowest BCUT2D eigenvalue weighted by Gasteiger charge is -2.43. The minimum Gasteiger partial charge on any atom is -0.382 e. The van der Waals surface area contributed by atoms with E-state index in [4.69, 9.17) is 0 Å². The van der Waals surface area contributed by atoms with Gasteiger partial charge in [0.2, 0.25) is 0 Å². The zero-order chi connectivity index (χ0) is 12.9. The largest absolute Gasteiger partial charge is 0.382 e. The van der Waals surface area contributed by atoms with E-state index < -0.39 is 5.60 Å². The van der Waals surface area contributed by atoms with Gasteiger partial charge in [-0.15, -0.1) is 0 Å². The molecule has 2 heteroatoms. The summed E-state index contributed by atoms with van der Waals surface area (Å²) in [5.74, 6) is -0.109. The van der Waals surface area contributed by atoms with Gasteiger partial charge in [-0.1, -0.05) is 32.8 Å². The molecule has 0 aromatic carbocycles. The van der Waals surface area contributed by atoms with Crippen molar-refractivity contribution in [3.8, 4) is 0 Å². The fraction of sp³-hybridized carbons (Fsp3) is 0.800. The molecule has 0 amide bonds. The molecule has 0 heterocycles. The molecular formula is C15H24O2. The molecule has 0 bridgehead atoms. The molecule has 1 saturated carbocycles. The molecule has 1 fully saturated rings. The van der Waals surface area contributed by atoms with Crippen LogP contribution in [0.2, 0.25) is 0 Å². The maximum atomic E-state index is 11.9. The summed E-state index contributed by atoms with van der Waals surface area (Å²) >= 11 is 0. The van der Waals surface area contributed by atoms with Crippen LogP contribution >= 0.6 is 0 Å². The first kappa shape index (κ1) is 12.8. The van der Waals surface area contributed by atoms with Crippen molar-refractivity contribution in [3.05, 3.63) is 11.6 Å². The molecule has 2 rings (SSSR count). The molecule has 0 radical (unpaired) electrons. The number of allylic oxidation sites excluding steroid dienone is 1. The lowest BCUT2D eigenvalue weighted by molar-refractivity contribution is -0.132. The lowest BCUT2D eigenvalue weighted by atomic mass is 9.62. The molecule has 0 aliphatic heterocycles. The topological polar surface area (TPSA) is 37.3 Å². The summed E-state index contributed by atoms with van der Waals surface area (Å²) in [6.07, 6.45) is 6.80. The maximum Gasteiger partial charge on any atom is 0.186 e. The molecule has 0 aromatic heterocycles. The number of carbonyl (C=O) groups excluding carboxylic acids is 1. The lowest BCUT2D eigenvalue weighted by Crippen LogP contribution is -2.41. The number of rotatable bonds is 1. The molecule has 1 N–H and O–H groups in total. The third-order valence-electron chi connectivity index (χ3n) is 5.40. The van der Waals surface area contributed by atoms with Gasteiger partial charge in [-0.3, -0.25) is 4.79 Å². The van der Waals surface area contributed by atoms with Crippen LogP contribution in [0.25, 0.3) is 0 Å². The predicted octanol–water partition coefficient (Wildman–Crippen LogP) is 3.24. The van der Waals surface area contributed by atoms with E-state index in [1.807, 2.05) is 0 Å². The number of hydrogen-bond acceptors (Lipinski definition) is 2. The van der Waals surface area contributed by atoms with Gasteiger partial charge in [-0.25, -0.2) is 0 Å². The highest BCUT2D eigenvalue weighted by Crippen LogP contribution is 2.58. The van der Waals surface area contributed by atoms with Crippen molar-refractivity contribution < 1.29 is 9.90 Å². The van der Waals surface area contributed by atoms with Crippen molar-refractivity contribution in [2.75, 3.05) is 0 Å². The van der Waals surface area contributed by atoms with Crippen molar-refractivity contribution in [2.24, 2.45) is 10.8 Å². The van der Waals surface area contributed by atoms with Gasteiger partial charge < -0.3 is 5.11 Å². The summed E-state index contributed by atoms with van der Waals surface area (Å²) in [5.41, 5.74) is 0.529. The second-order valence-corrected chi connectivity index (χ2v) is 6.88. The Bertz CT molecular complexity index is 376. The molecule has 2 aliphatic rings. The average molecular weight is 236 g/mol. The summed E-state index contributed by atoms with van der Waals surface area (Å²) in [7, 11) is 0. The van der Waals surface area contributed by atoms with Crippen LogP contribution in [0.4, 0.5) is 0 Å². The monoisotopic (exact) mass is 236 g/mol. The Morgan fingerprint density at radius 2 is 1.76 bits per heavy atom. The standard InChI is InChI=1S/C15H24O2/c1-13(2)7-5-8-14(13,3)11-6-9-15(4,17)12(16)10-11/h10,17H,5-9H2,1-4H3/t14-,15+/m1/s1. The summed E-state index contributed by atoms with van der Waals surface area (Å²) in [6, 6.07) is 0. The summed E-state index contributed by atoms with van der Waals surface area (Å²) in [5, 5.41) is 9.92. The molecule has 2 nitrogen and oxygen atoms in total. The van der Waals surface area contributed by atoms with E-state index in [2.05, 4.69) is 20.8 Å². The SMILES string of the molecule is CC1(C)CCC[C@]1(C)C1=CC(=O)[C@@](C)(O)CC1. The van der Waals surface area contributed by atoms with Crippen LogP contribution in [0, 0.1) is 10.8 Å². The maximum absolute atomic E-state index is 11.9. The zero-order valence-corrected chi connectivity index (χ0v) is 11.5. The number of hydrogen-bond donors (Lipinski definition) is 1. The van der Waals surface area contributed by atoms with Gasteiger partial charge in [0, 0.05) is 0 Å². The first-order chi connectivity index (χ1) is 7.69. The van der Waals surface area contributed by atoms with E-state index in [-0.39, 0.29) is 16.6 Å². The fourth-order valence-electron chi connectivity index (χ4n) is 3.42. The van der Waals surface area contributed by atoms with Crippen LogP contribution in [0.3, 0.4) is 0 Å². The van der Waals surface area contributed by atoms with E-state index in [1.54, 1.807) is 13.0 Å². The number of ketones is 1. The molecular weight excluding hydrogens is 212 g/mol. The fourth-order valence-corrected chi connectivity index (χ4v) is 3.42. The van der Waals surface area contributed by atoms with Crippen molar-refractivity contribution >= 4 is 5.78 Å². The second-order valence-electron chi connectivity index (χ2n) is 6.88. The van der Waals surface area contributed by atoms with Crippen LogP contribution in [0.15, 0.2) is 11.6 Å². The third kappa shape index (κ3) is 1.87. The highest BCUT2D eigenvalue weighted by Gasteiger charge is 2.49. The van der Waals surface area contributed by atoms with Gasteiger partial charge >= 0.3 is 0 Å². The molecule has 2 aliphatic carbocycles. The molecule has 0 spiro atoms. The molecule has 17 heavy (non-hydrogen) atoms. The third-order valence-corrected chi connectivity index (χ3v) is 5.40. The molecule has 2 atom stereocenters. The second kappa shape index (κ2) is 3.68. The van der Waals surface area contributed by atoms with Crippen molar-refractivity contribution in [1.29, 1.82) is 0 Å². The Hall–Kier alpha value is -0.630. The van der Waals surface area contributed by atoms with Gasteiger partial charge in [-0.2, -0.15) is 0 Å². The van der Waals surface area contributed by atoms with Gasteiger partial charge in [0.05, 0.1) is 0 Å². The molecule has 0 saturated heterocycles. The normalized spacial score (nSPS) is 41.5. The first-order valence-corrected chi connectivity index (χ1v) is 6.67. The predicted molar refractivity (Wildman–Crippen MR) is 68.7 cm³/mol. The van der Waals surface area contributed by atoms with Crippen LogP contribution in [0.1, 0.15) is 59.8 Å². The Labute approximate surface area is 104 Å².